The Balaban J connectivity index is 4.05. The predicted octanol–water partition coefficient (Wildman–Crippen LogP) is 11.9. The summed E-state index contributed by atoms with van der Waals surface area (Å²) in [6.45, 7) is 6.45. The lowest BCUT2D eigenvalue weighted by molar-refractivity contribution is -0.167. The molecule has 0 aromatic heterocycles. The second-order valence-corrected chi connectivity index (χ2v) is 13.2. The van der Waals surface area contributed by atoms with Gasteiger partial charge in [0.1, 0.15) is 13.2 Å². The Morgan fingerprint density at radius 3 is 1.09 bits per heavy atom. The molecule has 0 aliphatic heterocycles. The van der Waals surface area contributed by atoms with E-state index in [1.165, 1.54) is 96.3 Å². The molecular formula is C40H74O6. The van der Waals surface area contributed by atoms with Crippen LogP contribution in [0, 0.1) is 0 Å². The molecule has 0 rings (SSSR count). The van der Waals surface area contributed by atoms with E-state index in [1.54, 1.807) is 0 Å². The Labute approximate surface area is 284 Å². The van der Waals surface area contributed by atoms with Gasteiger partial charge in [0.05, 0.1) is 0 Å². The average Bonchev–Trinajstić information content (AvgIpc) is 3.05. The van der Waals surface area contributed by atoms with Gasteiger partial charge in [-0.25, -0.2) is 0 Å². The summed E-state index contributed by atoms with van der Waals surface area (Å²) in [4.78, 5) is 37.0. The van der Waals surface area contributed by atoms with Crippen molar-refractivity contribution in [2.45, 2.75) is 213 Å². The van der Waals surface area contributed by atoms with Crippen molar-refractivity contribution in [2.75, 3.05) is 13.2 Å². The molecular weight excluding hydrogens is 576 g/mol. The summed E-state index contributed by atoms with van der Waals surface area (Å²) >= 11 is 0. The normalized spacial score (nSPS) is 12.0. The highest BCUT2D eigenvalue weighted by Crippen LogP contribution is 2.13. The highest BCUT2D eigenvalue weighted by Gasteiger charge is 2.19. The van der Waals surface area contributed by atoms with Crippen molar-refractivity contribution in [1.82, 2.24) is 0 Å². The molecule has 6 nitrogen and oxygen atoms in total. The number of carbonyl (C=O) groups is 3. The molecule has 46 heavy (non-hydrogen) atoms. The summed E-state index contributed by atoms with van der Waals surface area (Å²) < 4.78 is 16.4. The number of ether oxygens (including phenoxy) is 3. The largest absolute Gasteiger partial charge is 0.462 e. The second kappa shape index (κ2) is 36.0. The van der Waals surface area contributed by atoms with E-state index in [-0.39, 0.29) is 31.1 Å². The molecule has 270 valence electrons. The fraction of sp³-hybridized carbons (Fsp3) is 0.875. The molecule has 0 saturated carbocycles. The van der Waals surface area contributed by atoms with E-state index in [0.717, 1.165) is 70.6 Å². The summed E-state index contributed by atoms with van der Waals surface area (Å²) in [7, 11) is 0. The summed E-state index contributed by atoms with van der Waals surface area (Å²) in [5, 5.41) is 0. The third-order valence-corrected chi connectivity index (χ3v) is 8.52. The number of unbranched alkanes of at least 4 members (excludes halogenated alkanes) is 22. The average molecular weight is 651 g/mol. The van der Waals surface area contributed by atoms with Gasteiger partial charge >= 0.3 is 17.9 Å². The lowest BCUT2D eigenvalue weighted by Crippen LogP contribution is -2.30. The molecule has 1 unspecified atom stereocenters. The van der Waals surface area contributed by atoms with Crippen molar-refractivity contribution in [3.63, 3.8) is 0 Å². The quantitative estimate of drug-likeness (QED) is 0.0294. The molecule has 0 bridgehead atoms. The van der Waals surface area contributed by atoms with E-state index in [2.05, 4.69) is 32.9 Å². The van der Waals surface area contributed by atoms with Gasteiger partial charge in [0, 0.05) is 19.3 Å². The van der Waals surface area contributed by atoms with Crippen LogP contribution in [0.5, 0.6) is 0 Å². The minimum Gasteiger partial charge on any atom is -0.462 e. The summed E-state index contributed by atoms with van der Waals surface area (Å²) in [5.74, 6) is -0.905. The van der Waals surface area contributed by atoms with Gasteiger partial charge in [-0.1, -0.05) is 155 Å². The molecule has 0 radical (unpaired) electrons. The molecule has 0 aliphatic rings. The van der Waals surface area contributed by atoms with E-state index in [1.807, 2.05) is 0 Å². The fourth-order valence-electron chi connectivity index (χ4n) is 5.49. The molecule has 1 atom stereocenters. The van der Waals surface area contributed by atoms with Gasteiger partial charge in [0.15, 0.2) is 6.10 Å². The molecule has 0 aliphatic carbocycles. The van der Waals surface area contributed by atoms with Crippen LogP contribution >= 0.6 is 0 Å². The van der Waals surface area contributed by atoms with Crippen molar-refractivity contribution in [3.05, 3.63) is 12.2 Å². The first-order valence-electron chi connectivity index (χ1n) is 19.7. The Hall–Kier alpha value is -1.85. The van der Waals surface area contributed by atoms with Crippen molar-refractivity contribution in [3.8, 4) is 0 Å². The molecule has 0 heterocycles. The third-order valence-electron chi connectivity index (χ3n) is 8.52. The Morgan fingerprint density at radius 1 is 0.413 bits per heavy atom. The van der Waals surface area contributed by atoms with Gasteiger partial charge in [0.25, 0.3) is 0 Å². The second-order valence-electron chi connectivity index (χ2n) is 13.2. The van der Waals surface area contributed by atoms with Gasteiger partial charge in [-0.15, -0.1) is 0 Å². The van der Waals surface area contributed by atoms with Crippen LogP contribution in [0.1, 0.15) is 207 Å². The zero-order valence-corrected chi connectivity index (χ0v) is 30.6. The van der Waals surface area contributed by atoms with E-state index in [9.17, 15) is 14.4 Å². The van der Waals surface area contributed by atoms with Crippen molar-refractivity contribution >= 4 is 17.9 Å². The number of carbonyl (C=O) groups excluding carboxylic acids is 3. The van der Waals surface area contributed by atoms with E-state index >= 15 is 0 Å². The first-order valence-corrected chi connectivity index (χ1v) is 19.7. The van der Waals surface area contributed by atoms with Crippen LogP contribution in [0.3, 0.4) is 0 Å². The monoisotopic (exact) mass is 651 g/mol. The molecule has 0 saturated heterocycles. The smallest absolute Gasteiger partial charge is 0.306 e. The first-order chi connectivity index (χ1) is 22.5. The van der Waals surface area contributed by atoms with Gasteiger partial charge in [-0.2, -0.15) is 0 Å². The summed E-state index contributed by atoms with van der Waals surface area (Å²) in [6.07, 6.45) is 35.4. The number of esters is 3. The lowest BCUT2D eigenvalue weighted by Gasteiger charge is -2.18. The topological polar surface area (TPSA) is 78.9 Å². The van der Waals surface area contributed by atoms with E-state index in [4.69, 9.17) is 14.2 Å². The van der Waals surface area contributed by atoms with Crippen molar-refractivity contribution in [2.24, 2.45) is 0 Å². The third kappa shape index (κ3) is 33.5. The van der Waals surface area contributed by atoms with Crippen LogP contribution in [0.15, 0.2) is 12.2 Å². The fourth-order valence-corrected chi connectivity index (χ4v) is 5.49. The number of hydrogen-bond acceptors (Lipinski definition) is 6. The van der Waals surface area contributed by atoms with Gasteiger partial charge in [-0.05, 0) is 44.9 Å². The SMILES string of the molecule is CCCCCCCCC/C=C\CCCCCCCCCC(=O)OCC(COC(=O)CCCCCCC)OC(=O)CCCCCCC. The lowest BCUT2D eigenvalue weighted by atomic mass is 10.1. The minimum atomic E-state index is -0.758. The Bertz CT molecular complexity index is 719. The van der Waals surface area contributed by atoms with Crippen LogP contribution < -0.4 is 0 Å². The Morgan fingerprint density at radius 2 is 0.717 bits per heavy atom. The molecule has 0 amide bonds. The summed E-state index contributed by atoms with van der Waals surface area (Å²) in [5.41, 5.74) is 0. The predicted molar refractivity (Wildman–Crippen MR) is 192 cm³/mol. The maximum atomic E-state index is 12.4. The van der Waals surface area contributed by atoms with Crippen LogP contribution in [-0.4, -0.2) is 37.2 Å². The highest BCUT2D eigenvalue weighted by atomic mass is 16.6. The molecule has 0 aromatic carbocycles. The number of allylic oxidation sites excluding steroid dienone is 2. The summed E-state index contributed by atoms with van der Waals surface area (Å²) in [6, 6.07) is 0. The van der Waals surface area contributed by atoms with Crippen LogP contribution in [0.25, 0.3) is 0 Å². The van der Waals surface area contributed by atoms with E-state index in [0.29, 0.717) is 19.3 Å². The van der Waals surface area contributed by atoms with Crippen molar-refractivity contribution in [1.29, 1.82) is 0 Å². The van der Waals surface area contributed by atoms with Crippen molar-refractivity contribution < 1.29 is 28.6 Å². The van der Waals surface area contributed by atoms with E-state index < -0.39 is 6.10 Å². The molecule has 6 heteroatoms. The number of rotatable bonds is 35. The van der Waals surface area contributed by atoms with Gasteiger partial charge in [0.2, 0.25) is 0 Å². The molecule has 0 spiro atoms. The maximum absolute atomic E-state index is 12.4. The molecule has 0 N–H and O–H groups in total. The maximum Gasteiger partial charge on any atom is 0.306 e. The van der Waals surface area contributed by atoms with Gasteiger partial charge < -0.3 is 14.2 Å². The van der Waals surface area contributed by atoms with Crippen LogP contribution in [0.2, 0.25) is 0 Å². The Kier molecular flexibility index (Phi) is 34.5. The highest BCUT2D eigenvalue weighted by molar-refractivity contribution is 5.71. The first kappa shape index (κ1) is 44.1. The minimum absolute atomic E-state index is 0.0717. The zero-order chi connectivity index (χ0) is 33.8. The van der Waals surface area contributed by atoms with Gasteiger partial charge in [-0.3, -0.25) is 14.4 Å². The molecule has 0 fully saturated rings. The van der Waals surface area contributed by atoms with Crippen LogP contribution in [-0.2, 0) is 28.6 Å². The standard InChI is InChI=1S/C40H74O6/c1-4-7-10-13-14-15-16-17-18-19-20-21-22-23-24-25-28-30-33-39(42)45-36-37(46-40(43)34-31-27-12-9-6-3)35-44-38(41)32-29-26-11-8-5-2/h18-19,37H,4-17,20-36H2,1-3H3/b19-18-. The van der Waals surface area contributed by atoms with Crippen LogP contribution in [0.4, 0.5) is 0 Å². The molecule has 0 aromatic rings. The number of hydrogen-bond donors (Lipinski definition) is 0. The zero-order valence-electron chi connectivity index (χ0n) is 30.6.